The summed E-state index contributed by atoms with van der Waals surface area (Å²) in [6.07, 6.45) is 5.43. The number of hydrogen-bond donors (Lipinski definition) is 1. The van der Waals surface area contributed by atoms with E-state index < -0.39 is 0 Å². The Balaban J connectivity index is 1.41. The molecule has 0 bridgehead atoms. The van der Waals surface area contributed by atoms with Crippen molar-refractivity contribution in [3.63, 3.8) is 0 Å². The Hall–Kier alpha value is -1.86. The van der Waals surface area contributed by atoms with E-state index >= 15 is 0 Å². The number of nitrogens with zero attached hydrogens (tertiary/aromatic N) is 4. The molecule has 0 aromatic carbocycles. The first kappa shape index (κ1) is 16.0. The van der Waals surface area contributed by atoms with Gasteiger partial charge in [0.15, 0.2) is 0 Å². The van der Waals surface area contributed by atoms with E-state index in [2.05, 4.69) is 32.7 Å². The number of hydrogen-bond acceptors (Lipinski definition) is 4. The molecule has 2 amide bonds. The Kier molecular flexibility index (Phi) is 5.30. The molecule has 0 aliphatic carbocycles. The molecule has 0 spiro atoms. The largest absolute Gasteiger partial charge is 0.335 e. The number of urea groups is 1. The lowest BCUT2D eigenvalue weighted by Crippen LogP contribution is -2.53. The van der Waals surface area contributed by atoms with Gasteiger partial charge in [0.2, 0.25) is 0 Å². The van der Waals surface area contributed by atoms with Crippen molar-refractivity contribution in [3.8, 4) is 0 Å². The first-order chi connectivity index (χ1) is 11.2. The number of thiophene rings is 1. The maximum absolute atomic E-state index is 12.3. The van der Waals surface area contributed by atoms with Crippen LogP contribution in [0.15, 0.2) is 36.2 Å². The van der Waals surface area contributed by atoms with E-state index in [-0.39, 0.29) is 12.1 Å². The average Bonchev–Trinajstić information content (AvgIpc) is 3.21. The molecule has 1 aliphatic rings. The second-order valence-corrected chi connectivity index (χ2v) is 6.98. The SMILES string of the molecule is C[C@H](Cn1ccnc1)NC(=O)N1CCN(Cc2cccs2)CC1. The summed E-state index contributed by atoms with van der Waals surface area (Å²) < 4.78 is 1.98. The smallest absolute Gasteiger partial charge is 0.317 e. The molecule has 0 unspecified atom stereocenters. The molecule has 0 saturated carbocycles. The standard InChI is InChI=1S/C16H23N5OS/c1-14(11-20-5-4-17-13-20)18-16(22)21-8-6-19(7-9-21)12-15-3-2-10-23-15/h2-5,10,13-14H,6-9,11-12H2,1H3,(H,18,22)/t14-/m1/s1. The maximum atomic E-state index is 12.3. The molecule has 3 rings (SSSR count). The summed E-state index contributed by atoms with van der Waals surface area (Å²) in [7, 11) is 0. The number of imidazole rings is 1. The molecule has 1 aliphatic heterocycles. The van der Waals surface area contributed by atoms with Crippen LogP contribution in [0.2, 0.25) is 0 Å². The molecule has 6 nitrogen and oxygen atoms in total. The van der Waals surface area contributed by atoms with Gasteiger partial charge in [0.1, 0.15) is 0 Å². The van der Waals surface area contributed by atoms with Gasteiger partial charge in [0.05, 0.1) is 6.33 Å². The zero-order chi connectivity index (χ0) is 16.1. The minimum absolute atomic E-state index is 0.0355. The summed E-state index contributed by atoms with van der Waals surface area (Å²) in [6.45, 7) is 7.19. The molecular formula is C16H23N5OS. The summed E-state index contributed by atoms with van der Waals surface area (Å²) >= 11 is 1.79. The Labute approximate surface area is 140 Å². The molecule has 7 heteroatoms. The third-order valence-corrected chi connectivity index (χ3v) is 4.89. The zero-order valence-electron chi connectivity index (χ0n) is 13.4. The monoisotopic (exact) mass is 333 g/mol. The fraction of sp³-hybridized carbons (Fsp3) is 0.500. The number of rotatable bonds is 5. The molecule has 0 radical (unpaired) electrons. The van der Waals surface area contributed by atoms with Crippen molar-refractivity contribution >= 4 is 17.4 Å². The van der Waals surface area contributed by atoms with Gasteiger partial charge in [0.25, 0.3) is 0 Å². The van der Waals surface area contributed by atoms with Crippen molar-refractivity contribution < 1.29 is 4.79 Å². The predicted octanol–water partition coefficient (Wildman–Crippen LogP) is 1.86. The minimum atomic E-state index is 0.0355. The molecule has 1 saturated heterocycles. The molecule has 1 N–H and O–H groups in total. The third-order valence-electron chi connectivity index (χ3n) is 4.03. The van der Waals surface area contributed by atoms with Gasteiger partial charge in [-0.1, -0.05) is 6.07 Å². The van der Waals surface area contributed by atoms with Gasteiger partial charge in [-0.2, -0.15) is 0 Å². The lowest BCUT2D eigenvalue weighted by atomic mass is 10.3. The van der Waals surface area contributed by atoms with Gasteiger partial charge >= 0.3 is 6.03 Å². The lowest BCUT2D eigenvalue weighted by molar-refractivity contribution is 0.134. The maximum Gasteiger partial charge on any atom is 0.317 e. The highest BCUT2D eigenvalue weighted by molar-refractivity contribution is 7.09. The molecular weight excluding hydrogens is 310 g/mol. The summed E-state index contributed by atoms with van der Waals surface area (Å²) in [4.78, 5) is 22.1. The number of carbonyl (C=O) groups is 1. The first-order valence-corrected chi connectivity index (χ1v) is 8.84. The normalized spacial score (nSPS) is 17.2. The molecule has 2 aromatic heterocycles. The Morgan fingerprint density at radius 3 is 2.87 bits per heavy atom. The number of aromatic nitrogens is 2. The molecule has 1 fully saturated rings. The number of amides is 2. The topological polar surface area (TPSA) is 53.4 Å². The summed E-state index contributed by atoms with van der Waals surface area (Å²) in [5, 5.41) is 5.18. The van der Waals surface area contributed by atoms with Crippen LogP contribution in [0.5, 0.6) is 0 Å². The van der Waals surface area contributed by atoms with Gasteiger partial charge in [-0.15, -0.1) is 11.3 Å². The van der Waals surface area contributed by atoms with Crippen molar-refractivity contribution in [1.29, 1.82) is 0 Å². The van der Waals surface area contributed by atoms with Gasteiger partial charge in [0, 0.05) is 62.6 Å². The van der Waals surface area contributed by atoms with Gasteiger partial charge in [-0.05, 0) is 18.4 Å². The predicted molar refractivity (Wildman–Crippen MR) is 91.4 cm³/mol. The van der Waals surface area contributed by atoms with Gasteiger partial charge in [-0.3, -0.25) is 4.90 Å². The fourth-order valence-electron chi connectivity index (χ4n) is 2.79. The molecule has 2 aromatic rings. The van der Waals surface area contributed by atoms with Crippen molar-refractivity contribution in [2.24, 2.45) is 0 Å². The van der Waals surface area contributed by atoms with Crippen LogP contribution in [-0.2, 0) is 13.1 Å². The summed E-state index contributed by atoms with van der Waals surface area (Å²) in [5.74, 6) is 0. The second kappa shape index (κ2) is 7.61. The molecule has 124 valence electrons. The quantitative estimate of drug-likeness (QED) is 0.909. The third kappa shape index (κ3) is 4.56. The highest BCUT2D eigenvalue weighted by Crippen LogP contribution is 2.13. The van der Waals surface area contributed by atoms with Crippen LogP contribution in [0.25, 0.3) is 0 Å². The van der Waals surface area contributed by atoms with E-state index in [9.17, 15) is 4.79 Å². The van der Waals surface area contributed by atoms with Crippen LogP contribution in [-0.4, -0.2) is 57.6 Å². The Morgan fingerprint density at radius 1 is 1.39 bits per heavy atom. The first-order valence-electron chi connectivity index (χ1n) is 7.96. The molecule has 1 atom stereocenters. The van der Waals surface area contributed by atoms with Crippen molar-refractivity contribution in [1.82, 2.24) is 24.7 Å². The zero-order valence-corrected chi connectivity index (χ0v) is 14.2. The Bertz CT molecular complexity index is 590. The molecule has 23 heavy (non-hydrogen) atoms. The van der Waals surface area contributed by atoms with Gasteiger partial charge in [-0.25, -0.2) is 9.78 Å². The second-order valence-electron chi connectivity index (χ2n) is 5.95. The van der Waals surface area contributed by atoms with E-state index in [0.29, 0.717) is 0 Å². The molecule has 3 heterocycles. The van der Waals surface area contributed by atoms with Gasteiger partial charge < -0.3 is 14.8 Å². The van der Waals surface area contributed by atoms with E-state index in [1.807, 2.05) is 22.6 Å². The van der Waals surface area contributed by atoms with Crippen molar-refractivity contribution in [2.75, 3.05) is 26.2 Å². The van der Waals surface area contributed by atoms with Crippen LogP contribution in [0.4, 0.5) is 4.79 Å². The fourth-order valence-corrected chi connectivity index (χ4v) is 3.54. The van der Waals surface area contributed by atoms with Crippen molar-refractivity contribution in [2.45, 2.75) is 26.1 Å². The number of nitrogens with one attached hydrogen (secondary N) is 1. The minimum Gasteiger partial charge on any atom is -0.335 e. The average molecular weight is 333 g/mol. The summed E-state index contributed by atoms with van der Waals surface area (Å²) in [6, 6.07) is 4.38. The van der Waals surface area contributed by atoms with E-state index in [0.717, 1.165) is 39.3 Å². The van der Waals surface area contributed by atoms with E-state index in [4.69, 9.17) is 0 Å². The van der Waals surface area contributed by atoms with Crippen LogP contribution >= 0.6 is 11.3 Å². The summed E-state index contributed by atoms with van der Waals surface area (Å²) in [5.41, 5.74) is 0. The Morgan fingerprint density at radius 2 is 2.22 bits per heavy atom. The lowest BCUT2D eigenvalue weighted by Gasteiger charge is -2.35. The van der Waals surface area contributed by atoms with E-state index in [1.54, 1.807) is 23.9 Å². The van der Waals surface area contributed by atoms with Crippen molar-refractivity contribution in [3.05, 3.63) is 41.1 Å². The van der Waals surface area contributed by atoms with Crippen LogP contribution in [0.3, 0.4) is 0 Å². The van der Waals surface area contributed by atoms with Crippen LogP contribution in [0.1, 0.15) is 11.8 Å². The van der Waals surface area contributed by atoms with Crippen LogP contribution < -0.4 is 5.32 Å². The number of carbonyl (C=O) groups excluding carboxylic acids is 1. The number of piperazine rings is 1. The van der Waals surface area contributed by atoms with E-state index in [1.165, 1.54) is 4.88 Å². The highest BCUT2D eigenvalue weighted by Gasteiger charge is 2.22. The highest BCUT2D eigenvalue weighted by atomic mass is 32.1. The van der Waals surface area contributed by atoms with Crippen LogP contribution in [0, 0.1) is 0 Å².